The summed E-state index contributed by atoms with van der Waals surface area (Å²) in [4.78, 5) is 0. The highest BCUT2D eigenvalue weighted by Gasteiger charge is 2.18. The first-order chi connectivity index (χ1) is 7.93. The minimum atomic E-state index is -0.199. The molecule has 0 amide bonds. The van der Waals surface area contributed by atoms with Gasteiger partial charge in [0.2, 0.25) is 0 Å². The van der Waals surface area contributed by atoms with Gasteiger partial charge < -0.3 is 14.0 Å². The van der Waals surface area contributed by atoms with Gasteiger partial charge in [0.15, 0.2) is 6.29 Å². The van der Waals surface area contributed by atoms with Crippen molar-refractivity contribution >= 4 is 0 Å². The molecule has 1 saturated heterocycles. The number of hydrogen-bond donors (Lipinski definition) is 0. The molecule has 82 valence electrons. The number of rotatable bonds is 2. The molecule has 0 radical (unpaired) electrons. The standard InChI is InChI=1S/C13H13NO2/c1-2-7-14(6-1)12-5-3-4-11(10-12)13-15-8-9-16-13/h1-7,10,13H,8-9H2. The average molecular weight is 215 g/mol. The molecule has 3 nitrogen and oxygen atoms in total. The van der Waals surface area contributed by atoms with Gasteiger partial charge in [-0.2, -0.15) is 0 Å². The Morgan fingerprint density at radius 1 is 1.00 bits per heavy atom. The predicted molar refractivity (Wildman–Crippen MR) is 60.4 cm³/mol. The summed E-state index contributed by atoms with van der Waals surface area (Å²) in [6.45, 7) is 1.36. The van der Waals surface area contributed by atoms with E-state index >= 15 is 0 Å². The van der Waals surface area contributed by atoms with Crippen LogP contribution < -0.4 is 0 Å². The Balaban J connectivity index is 1.93. The Bertz CT molecular complexity index is 459. The second-order valence-corrected chi connectivity index (χ2v) is 3.76. The van der Waals surface area contributed by atoms with Crippen LogP contribution in [0.15, 0.2) is 48.8 Å². The number of benzene rings is 1. The fourth-order valence-corrected chi connectivity index (χ4v) is 1.89. The van der Waals surface area contributed by atoms with Gasteiger partial charge in [-0.1, -0.05) is 12.1 Å². The summed E-state index contributed by atoms with van der Waals surface area (Å²) in [5.74, 6) is 0. The lowest BCUT2D eigenvalue weighted by Crippen LogP contribution is -1.99. The number of ether oxygens (including phenoxy) is 2. The first kappa shape index (κ1) is 9.63. The highest BCUT2D eigenvalue weighted by molar-refractivity contribution is 5.37. The molecule has 0 bridgehead atoms. The maximum absolute atomic E-state index is 5.48. The summed E-state index contributed by atoms with van der Waals surface area (Å²) in [6.07, 6.45) is 3.85. The molecular formula is C13H13NO2. The van der Waals surface area contributed by atoms with E-state index in [4.69, 9.17) is 9.47 Å². The molecule has 0 unspecified atom stereocenters. The Labute approximate surface area is 94.2 Å². The van der Waals surface area contributed by atoms with Crippen molar-refractivity contribution in [1.29, 1.82) is 0 Å². The van der Waals surface area contributed by atoms with Crippen molar-refractivity contribution in [3.63, 3.8) is 0 Å². The Hall–Kier alpha value is -1.58. The molecule has 2 heterocycles. The first-order valence-corrected chi connectivity index (χ1v) is 5.40. The van der Waals surface area contributed by atoms with Crippen LogP contribution in [-0.2, 0) is 9.47 Å². The van der Waals surface area contributed by atoms with Crippen molar-refractivity contribution in [3.8, 4) is 5.69 Å². The SMILES string of the molecule is c1cc(C2OCCO2)cc(-n2cccc2)c1. The maximum atomic E-state index is 5.48. The van der Waals surface area contributed by atoms with Crippen molar-refractivity contribution in [1.82, 2.24) is 4.57 Å². The summed E-state index contributed by atoms with van der Waals surface area (Å²) in [5.41, 5.74) is 2.20. The molecule has 0 aliphatic carbocycles. The highest BCUT2D eigenvalue weighted by atomic mass is 16.7. The molecule has 0 saturated carbocycles. The third-order valence-electron chi connectivity index (χ3n) is 2.67. The van der Waals surface area contributed by atoms with Gasteiger partial charge in [-0.3, -0.25) is 0 Å². The molecular weight excluding hydrogens is 202 g/mol. The topological polar surface area (TPSA) is 23.4 Å². The average Bonchev–Trinajstić information content (AvgIpc) is 3.03. The zero-order valence-corrected chi connectivity index (χ0v) is 8.87. The van der Waals surface area contributed by atoms with Crippen LogP contribution >= 0.6 is 0 Å². The number of aromatic nitrogens is 1. The van der Waals surface area contributed by atoms with Crippen LogP contribution in [0.2, 0.25) is 0 Å². The normalized spacial score (nSPS) is 16.8. The van der Waals surface area contributed by atoms with E-state index in [-0.39, 0.29) is 6.29 Å². The minimum absolute atomic E-state index is 0.199. The minimum Gasteiger partial charge on any atom is -0.346 e. The van der Waals surface area contributed by atoms with E-state index in [1.165, 1.54) is 0 Å². The van der Waals surface area contributed by atoms with E-state index in [1.54, 1.807) is 0 Å². The summed E-state index contributed by atoms with van der Waals surface area (Å²) >= 11 is 0. The van der Waals surface area contributed by atoms with Crippen molar-refractivity contribution < 1.29 is 9.47 Å². The van der Waals surface area contributed by atoms with Crippen LogP contribution in [0, 0.1) is 0 Å². The molecule has 1 aromatic heterocycles. The smallest absolute Gasteiger partial charge is 0.184 e. The molecule has 1 aliphatic heterocycles. The molecule has 0 spiro atoms. The summed E-state index contributed by atoms with van der Waals surface area (Å²) in [6, 6.07) is 12.2. The van der Waals surface area contributed by atoms with Gasteiger partial charge >= 0.3 is 0 Å². The van der Waals surface area contributed by atoms with Crippen LogP contribution in [0.5, 0.6) is 0 Å². The van der Waals surface area contributed by atoms with Gasteiger partial charge in [-0.05, 0) is 24.3 Å². The molecule has 0 atom stereocenters. The van der Waals surface area contributed by atoms with Crippen molar-refractivity contribution in [3.05, 3.63) is 54.4 Å². The second-order valence-electron chi connectivity index (χ2n) is 3.76. The lowest BCUT2D eigenvalue weighted by Gasteiger charge is -2.11. The quantitative estimate of drug-likeness (QED) is 0.768. The van der Waals surface area contributed by atoms with Gasteiger partial charge in [-0.25, -0.2) is 0 Å². The molecule has 3 rings (SSSR count). The first-order valence-electron chi connectivity index (χ1n) is 5.40. The van der Waals surface area contributed by atoms with E-state index in [9.17, 15) is 0 Å². The lowest BCUT2D eigenvalue weighted by atomic mass is 10.2. The van der Waals surface area contributed by atoms with Gasteiger partial charge in [0.05, 0.1) is 13.2 Å². The van der Waals surface area contributed by atoms with Crippen LogP contribution in [0.4, 0.5) is 0 Å². The fraction of sp³-hybridized carbons (Fsp3) is 0.231. The van der Waals surface area contributed by atoms with Crippen molar-refractivity contribution in [2.24, 2.45) is 0 Å². The Morgan fingerprint density at radius 3 is 2.50 bits per heavy atom. The zero-order chi connectivity index (χ0) is 10.8. The van der Waals surface area contributed by atoms with Crippen LogP contribution in [0.25, 0.3) is 5.69 Å². The summed E-state index contributed by atoms with van der Waals surface area (Å²) in [5, 5.41) is 0. The molecule has 3 heteroatoms. The van der Waals surface area contributed by atoms with Crippen molar-refractivity contribution in [2.45, 2.75) is 6.29 Å². The van der Waals surface area contributed by atoms with E-state index < -0.39 is 0 Å². The molecule has 2 aromatic rings. The molecule has 0 N–H and O–H groups in total. The Morgan fingerprint density at radius 2 is 1.75 bits per heavy atom. The lowest BCUT2D eigenvalue weighted by molar-refractivity contribution is -0.0441. The molecule has 16 heavy (non-hydrogen) atoms. The molecule has 1 fully saturated rings. The van der Waals surface area contributed by atoms with Gasteiger partial charge in [0.25, 0.3) is 0 Å². The van der Waals surface area contributed by atoms with Crippen LogP contribution in [-0.4, -0.2) is 17.8 Å². The molecule has 1 aromatic carbocycles. The second kappa shape index (κ2) is 4.12. The third kappa shape index (κ3) is 1.75. The monoisotopic (exact) mass is 215 g/mol. The summed E-state index contributed by atoms with van der Waals surface area (Å²) in [7, 11) is 0. The van der Waals surface area contributed by atoms with E-state index in [0.29, 0.717) is 13.2 Å². The summed E-state index contributed by atoms with van der Waals surface area (Å²) < 4.78 is 13.0. The van der Waals surface area contributed by atoms with Crippen molar-refractivity contribution in [2.75, 3.05) is 13.2 Å². The number of hydrogen-bond acceptors (Lipinski definition) is 2. The fourth-order valence-electron chi connectivity index (χ4n) is 1.89. The third-order valence-corrected chi connectivity index (χ3v) is 2.67. The Kier molecular flexibility index (Phi) is 2.48. The zero-order valence-electron chi connectivity index (χ0n) is 8.87. The van der Waals surface area contributed by atoms with Gasteiger partial charge in [0.1, 0.15) is 0 Å². The van der Waals surface area contributed by atoms with E-state index in [0.717, 1.165) is 11.3 Å². The van der Waals surface area contributed by atoms with Crippen LogP contribution in [0.1, 0.15) is 11.9 Å². The molecule has 1 aliphatic rings. The van der Waals surface area contributed by atoms with Crippen LogP contribution in [0.3, 0.4) is 0 Å². The van der Waals surface area contributed by atoms with E-state index in [1.807, 2.05) is 36.7 Å². The predicted octanol–water partition coefficient (Wildman–Crippen LogP) is 2.52. The number of nitrogens with zero attached hydrogens (tertiary/aromatic N) is 1. The van der Waals surface area contributed by atoms with Gasteiger partial charge in [0, 0.05) is 23.6 Å². The maximum Gasteiger partial charge on any atom is 0.184 e. The largest absolute Gasteiger partial charge is 0.346 e. The van der Waals surface area contributed by atoms with E-state index in [2.05, 4.69) is 16.7 Å². The highest BCUT2D eigenvalue weighted by Crippen LogP contribution is 2.24. The van der Waals surface area contributed by atoms with Gasteiger partial charge in [-0.15, -0.1) is 0 Å².